The minimum atomic E-state index is -0.964. The molecule has 4 rings (SSSR count). The number of rotatable bonds is 12. The fourth-order valence-electron chi connectivity index (χ4n) is 5.83. The van der Waals surface area contributed by atoms with Gasteiger partial charge in [-0.3, -0.25) is 19.3 Å². The van der Waals surface area contributed by atoms with E-state index in [0.29, 0.717) is 56.1 Å². The SMILES string of the molecule is CC(=O)C(C(=O)N1CCc2cc(OCc3ccccc3)ccc2C1C(=O)NCCN(C(C)C)C(C)C)c1ccccc1. The van der Waals surface area contributed by atoms with Crippen LogP contribution in [0.5, 0.6) is 5.75 Å². The van der Waals surface area contributed by atoms with Crippen molar-refractivity contribution in [1.29, 1.82) is 0 Å². The summed E-state index contributed by atoms with van der Waals surface area (Å²) in [5, 5.41) is 3.10. The Bertz CT molecular complexity index is 1350. The molecule has 7 nitrogen and oxygen atoms in total. The van der Waals surface area contributed by atoms with Crippen molar-refractivity contribution in [3.05, 3.63) is 101 Å². The van der Waals surface area contributed by atoms with Gasteiger partial charge in [0.05, 0.1) is 0 Å². The van der Waals surface area contributed by atoms with Gasteiger partial charge in [-0.1, -0.05) is 66.7 Å². The maximum atomic E-state index is 14.0. The molecule has 0 bridgehead atoms. The van der Waals surface area contributed by atoms with E-state index in [1.165, 1.54) is 6.92 Å². The molecule has 2 unspecified atom stereocenters. The first kappa shape index (κ1) is 31.0. The number of ketones is 1. The van der Waals surface area contributed by atoms with Crippen molar-refractivity contribution in [1.82, 2.24) is 15.1 Å². The number of hydrogen-bond acceptors (Lipinski definition) is 5. The standard InChI is InChI=1S/C35H43N3O4/c1-24(2)37(25(3)4)21-19-36-34(40)33-31-17-16-30(42-23-27-12-8-6-9-13-27)22-29(31)18-20-38(33)35(41)32(26(5)39)28-14-10-7-11-15-28/h6-17,22,24-25,32-33H,18-21,23H2,1-5H3,(H,36,40). The summed E-state index contributed by atoms with van der Waals surface area (Å²) in [5.74, 6) is -1.09. The molecule has 222 valence electrons. The largest absolute Gasteiger partial charge is 0.489 e. The number of carbonyl (C=O) groups excluding carboxylic acids is 3. The normalized spacial score (nSPS) is 15.4. The highest BCUT2D eigenvalue weighted by Crippen LogP contribution is 2.35. The smallest absolute Gasteiger partial charge is 0.247 e. The third kappa shape index (κ3) is 7.45. The highest BCUT2D eigenvalue weighted by Gasteiger charge is 2.40. The van der Waals surface area contributed by atoms with E-state index in [2.05, 4.69) is 37.9 Å². The van der Waals surface area contributed by atoms with Crippen LogP contribution in [0.25, 0.3) is 0 Å². The summed E-state index contributed by atoms with van der Waals surface area (Å²) < 4.78 is 6.06. The van der Waals surface area contributed by atoms with Gasteiger partial charge in [-0.2, -0.15) is 0 Å². The highest BCUT2D eigenvalue weighted by atomic mass is 16.5. The Balaban J connectivity index is 1.61. The summed E-state index contributed by atoms with van der Waals surface area (Å²) in [6.07, 6.45) is 0.557. The van der Waals surface area contributed by atoms with Crippen molar-refractivity contribution in [2.75, 3.05) is 19.6 Å². The average molecular weight is 570 g/mol. The van der Waals surface area contributed by atoms with Gasteiger partial charge in [-0.15, -0.1) is 0 Å². The Morgan fingerprint density at radius 3 is 2.19 bits per heavy atom. The maximum Gasteiger partial charge on any atom is 0.247 e. The fourth-order valence-corrected chi connectivity index (χ4v) is 5.83. The van der Waals surface area contributed by atoms with Crippen LogP contribution >= 0.6 is 0 Å². The second kappa shape index (κ2) is 14.3. The van der Waals surface area contributed by atoms with Crippen LogP contribution in [0.15, 0.2) is 78.9 Å². The van der Waals surface area contributed by atoms with Crippen molar-refractivity contribution in [3.63, 3.8) is 0 Å². The quantitative estimate of drug-likeness (QED) is 0.300. The minimum absolute atomic E-state index is 0.245. The van der Waals surface area contributed by atoms with Gasteiger partial charge in [0.25, 0.3) is 0 Å². The first-order chi connectivity index (χ1) is 20.2. The molecule has 0 fully saturated rings. The molecule has 0 saturated carbocycles. The molecule has 2 atom stereocenters. The Kier molecular flexibility index (Phi) is 10.5. The van der Waals surface area contributed by atoms with Crippen LogP contribution in [-0.4, -0.2) is 59.1 Å². The van der Waals surface area contributed by atoms with Crippen molar-refractivity contribution in [3.8, 4) is 5.75 Å². The zero-order valence-electron chi connectivity index (χ0n) is 25.4. The lowest BCUT2D eigenvalue weighted by Crippen LogP contribution is -2.50. The van der Waals surface area contributed by atoms with Crippen LogP contribution in [0.2, 0.25) is 0 Å². The molecule has 0 radical (unpaired) electrons. The van der Waals surface area contributed by atoms with Gasteiger partial charge >= 0.3 is 0 Å². The molecular weight excluding hydrogens is 526 g/mol. The number of nitrogens with one attached hydrogen (secondary N) is 1. The van der Waals surface area contributed by atoms with Crippen LogP contribution in [0, 0.1) is 0 Å². The number of carbonyl (C=O) groups is 3. The first-order valence-electron chi connectivity index (χ1n) is 14.9. The van der Waals surface area contributed by atoms with Crippen molar-refractivity contribution < 1.29 is 19.1 Å². The molecule has 0 saturated heterocycles. The predicted octanol–water partition coefficient (Wildman–Crippen LogP) is 5.30. The molecule has 2 amide bonds. The Morgan fingerprint density at radius 2 is 1.57 bits per heavy atom. The lowest BCUT2D eigenvalue weighted by molar-refractivity contribution is -0.145. The summed E-state index contributed by atoms with van der Waals surface area (Å²) in [7, 11) is 0. The second-order valence-electron chi connectivity index (χ2n) is 11.5. The maximum absolute atomic E-state index is 14.0. The zero-order chi connectivity index (χ0) is 30.2. The summed E-state index contributed by atoms with van der Waals surface area (Å²) in [4.78, 5) is 44.6. The molecule has 1 aliphatic heterocycles. The van der Waals surface area contributed by atoms with Gasteiger partial charge in [0.15, 0.2) is 0 Å². The molecule has 7 heteroatoms. The zero-order valence-corrected chi connectivity index (χ0v) is 25.4. The van der Waals surface area contributed by atoms with E-state index in [0.717, 1.165) is 16.7 Å². The van der Waals surface area contributed by atoms with Crippen molar-refractivity contribution in [2.45, 2.75) is 71.7 Å². The van der Waals surface area contributed by atoms with Gasteiger partial charge in [-0.05, 0) is 75.4 Å². The number of ether oxygens (including phenoxy) is 1. The lowest BCUT2D eigenvalue weighted by Gasteiger charge is -2.38. The number of fused-ring (bicyclic) bond motifs is 1. The predicted molar refractivity (Wildman–Crippen MR) is 165 cm³/mol. The third-order valence-electron chi connectivity index (χ3n) is 7.90. The van der Waals surface area contributed by atoms with E-state index in [-0.39, 0.29) is 17.6 Å². The Labute approximate surface area is 249 Å². The minimum Gasteiger partial charge on any atom is -0.489 e. The van der Waals surface area contributed by atoms with Gasteiger partial charge in [-0.25, -0.2) is 0 Å². The summed E-state index contributed by atoms with van der Waals surface area (Å²) in [6, 6.07) is 24.6. The van der Waals surface area contributed by atoms with Crippen LogP contribution in [-0.2, 0) is 27.4 Å². The third-order valence-corrected chi connectivity index (χ3v) is 7.90. The van der Waals surface area contributed by atoms with Gasteiger partial charge in [0.2, 0.25) is 11.8 Å². The Morgan fingerprint density at radius 1 is 0.929 bits per heavy atom. The number of hydrogen-bond donors (Lipinski definition) is 1. The van der Waals surface area contributed by atoms with Gasteiger partial charge in [0, 0.05) is 31.7 Å². The number of nitrogens with zero attached hydrogens (tertiary/aromatic N) is 2. The van der Waals surface area contributed by atoms with E-state index in [1.54, 1.807) is 17.0 Å². The van der Waals surface area contributed by atoms with E-state index in [1.807, 2.05) is 66.7 Å². The monoisotopic (exact) mass is 569 g/mol. The van der Waals surface area contributed by atoms with Crippen molar-refractivity contribution >= 4 is 17.6 Å². The summed E-state index contributed by atoms with van der Waals surface area (Å²) in [6.45, 7) is 11.9. The molecule has 0 aliphatic carbocycles. The average Bonchev–Trinajstić information content (AvgIpc) is 2.98. The molecular formula is C35H43N3O4. The lowest BCUT2D eigenvalue weighted by atomic mass is 9.88. The number of amides is 2. The highest BCUT2D eigenvalue weighted by molar-refractivity contribution is 6.07. The molecule has 0 spiro atoms. The van der Waals surface area contributed by atoms with Crippen LogP contribution in [0.4, 0.5) is 0 Å². The molecule has 1 N–H and O–H groups in total. The molecule has 42 heavy (non-hydrogen) atoms. The van der Waals surface area contributed by atoms with Crippen LogP contribution < -0.4 is 10.1 Å². The van der Waals surface area contributed by atoms with E-state index in [9.17, 15) is 14.4 Å². The van der Waals surface area contributed by atoms with Gasteiger partial charge < -0.3 is 15.0 Å². The summed E-state index contributed by atoms with van der Waals surface area (Å²) in [5.41, 5.74) is 3.43. The number of benzene rings is 3. The molecule has 3 aromatic carbocycles. The topological polar surface area (TPSA) is 78.9 Å². The summed E-state index contributed by atoms with van der Waals surface area (Å²) >= 11 is 0. The van der Waals surface area contributed by atoms with Crippen LogP contribution in [0.1, 0.15) is 68.8 Å². The number of Topliss-reactive ketones (excluding diaryl/α,β-unsaturated/α-hetero) is 1. The second-order valence-corrected chi connectivity index (χ2v) is 11.5. The van der Waals surface area contributed by atoms with Gasteiger partial charge in [0.1, 0.15) is 30.1 Å². The fraction of sp³-hybridized carbons (Fsp3) is 0.400. The molecule has 1 heterocycles. The van der Waals surface area contributed by atoms with E-state index in [4.69, 9.17) is 4.74 Å². The van der Waals surface area contributed by atoms with Crippen LogP contribution in [0.3, 0.4) is 0 Å². The van der Waals surface area contributed by atoms with E-state index < -0.39 is 12.0 Å². The first-order valence-corrected chi connectivity index (χ1v) is 14.9. The van der Waals surface area contributed by atoms with Crippen molar-refractivity contribution in [2.24, 2.45) is 0 Å². The molecule has 0 aromatic heterocycles. The Hall–Kier alpha value is -3.97. The molecule has 3 aromatic rings. The van der Waals surface area contributed by atoms with E-state index >= 15 is 0 Å². The molecule has 1 aliphatic rings.